The summed E-state index contributed by atoms with van der Waals surface area (Å²) < 4.78 is 5.10. The van der Waals surface area contributed by atoms with Gasteiger partial charge < -0.3 is 15.4 Å². The fraction of sp³-hybridized carbons (Fsp3) is 0.692. The number of methoxy groups -OCH3 is 1. The van der Waals surface area contributed by atoms with Crippen LogP contribution in [0.1, 0.15) is 32.5 Å². The Morgan fingerprint density at radius 3 is 2.72 bits per heavy atom. The van der Waals surface area contributed by atoms with Crippen molar-refractivity contribution in [2.45, 2.75) is 39.3 Å². The fourth-order valence-electron chi connectivity index (χ4n) is 1.82. The number of anilines is 2. The topological polar surface area (TPSA) is 59.1 Å². The number of aromatic nitrogens is 2. The minimum absolute atomic E-state index is 0.441. The third-order valence-electron chi connectivity index (χ3n) is 3.04. The van der Waals surface area contributed by atoms with Gasteiger partial charge in [0, 0.05) is 25.8 Å². The predicted octanol–water partition coefficient (Wildman–Crippen LogP) is 2.27. The van der Waals surface area contributed by atoms with Gasteiger partial charge in [-0.3, -0.25) is 0 Å². The molecule has 1 aromatic rings. The van der Waals surface area contributed by atoms with Crippen molar-refractivity contribution in [3.63, 3.8) is 0 Å². The molecule has 0 bridgehead atoms. The van der Waals surface area contributed by atoms with Crippen LogP contribution in [0, 0.1) is 5.92 Å². The van der Waals surface area contributed by atoms with E-state index in [1.165, 1.54) is 6.42 Å². The molecule has 2 unspecified atom stereocenters. The Bertz CT molecular complexity index is 397. The quantitative estimate of drug-likeness (QED) is 0.777. The second-order valence-electron chi connectivity index (χ2n) is 4.88. The number of hydrogen-bond donors (Lipinski definition) is 2. The molecule has 5 heteroatoms. The van der Waals surface area contributed by atoms with E-state index in [0.29, 0.717) is 12.6 Å². The SMILES string of the molecule is CCCNc1cc(NC2CC2C)nc(COC)n1. The van der Waals surface area contributed by atoms with Crippen molar-refractivity contribution in [1.82, 2.24) is 9.97 Å². The van der Waals surface area contributed by atoms with E-state index in [1.54, 1.807) is 7.11 Å². The lowest BCUT2D eigenvalue weighted by Gasteiger charge is -2.10. The maximum atomic E-state index is 5.10. The summed E-state index contributed by atoms with van der Waals surface area (Å²) in [5.74, 6) is 3.23. The van der Waals surface area contributed by atoms with E-state index in [2.05, 4.69) is 34.4 Å². The molecule has 0 saturated heterocycles. The van der Waals surface area contributed by atoms with E-state index < -0.39 is 0 Å². The first-order valence-electron chi connectivity index (χ1n) is 6.60. The molecule has 100 valence electrons. The molecule has 1 fully saturated rings. The maximum absolute atomic E-state index is 5.10. The average Bonchev–Trinajstić information content (AvgIpc) is 3.02. The van der Waals surface area contributed by atoms with Crippen LogP contribution >= 0.6 is 0 Å². The summed E-state index contributed by atoms with van der Waals surface area (Å²) in [6.45, 7) is 5.74. The van der Waals surface area contributed by atoms with Crippen molar-refractivity contribution in [3.8, 4) is 0 Å². The summed E-state index contributed by atoms with van der Waals surface area (Å²) in [6.07, 6.45) is 2.30. The number of nitrogens with zero attached hydrogens (tertiary/aromatic N) is 2. The Morgan fingerprint density at radius 1 is 1.39 bits per heavy atom. The van der Waals surface area contributed by atoms with E-state index >= 15 is 0 Å². The first-order chi connectivity index (χ1) is 8.72. The largest absolute Gasteiger partial charge is 0.377 e. The van der Waals surface area contributed by atoms with Crippen molar-refractivity contribution >= 4 is 11.6 Å². The summed E-state index contributed by atoms with van der Waals surface area (Å²) >= 11 is 0. The first kappa shape index (κ1) is 13.1. The highest BCUT2D eigenvalue weighted by Gasteiger charge is 2.32. The van der Waals surface area contributed by atoms with Gasteiger partial charge in [-0.15, -0.1) is 0 Å². The second-order valence-corrected chi connectivity index (χ2v) is 4.88. The molecular formula is C13H22N4O. The zero-order chi connectivity index (χ0) is 13.0. The maximum Gasteiger partial charge on any atom is 0.158 e. The van der Waals surface area contributed by atoms with E-state index in [4.69, 9.17) is 4.74 Å². The molecule has 0 radical (unpaired) electrons. The molecule has 1 aliphatic carbocycles. The third kappa shape index (κ3) is 3.57. The van der Waals surface area contributed by atoms with Gasteiger partial charge in [0.2, 0.25) is 0 Å². The molecule has 0 spiro atoms. The van der Waals surface area contributed by atoms with Crippen molar-refractivity contribution < 1.29 is 4.74 Å². The van der Waals surface area contributed by atoms with Gasteiger partial charge in [-0.1, -0.05) is 13.8 Å². The molecule has 18 heavy (non-hydrogen) atoms. The first-order valence-corrected chi connectivity index (χ1v) is 6.60. The number of nitrogens with one attached hydrogen (secondary N) is 2. The molecular weight excluding hydrogens is 228 g/mol. The van der Waals surface area contributed by atoms with Gasteiger partial charge in [0.05, 0.1) is 0 Å². The Morgan fingerprint density at radius 2 is 2.11 bits per heavy atom. The van der Waals surface area contributed by atoms with Crippen molar-refractivity contribution in [1.29, 1.82) is 0 Å². The summed E-state index contributed by atoms with van der Waals surface area (Å²) in [5, 5.41) is 6.73. The van der Waals surface area contributed by atoms with Crippen molar-refractivity contribution in [2.24, 2.45) is 5.92 Å². The van der Waals surface area contributed by atoms with Gasteiger partial charge in [0.15, 0.2) is 5.82 Å². The zero-order valence-corrected chi connectivity index (χ0v) is 11.4. The van der Waals surface area contributed by atoms with Crippen LogP contribution < -0.4 is 10.6 Å². The molecule has 0 aliphatic heterocycles. The normalized spacial score (nSPS) is 21.7. The Hall–Kier alpha value is -1.36. The van der Waals surface area contributed by atoms with Gasteiger partial charge in [-0.25, -0.2) is 9.97 Å². The Labute approximate surface area is 108 Å². The fourth-order valence-corrected chi connectivity index (χ4v) is 1.82. The molecule has 2 N–H and O–H groups in total. The van der Waals surface area contributed by atoms with Crippen LogP contribution in [-0.2, 0) is 11.3 Å². The third-order valence-corrected chi connectivity index (χ3v) is 3.04. The average molecular weight is 250 g/mol. The predicted molar refractivity (Wildman–Crippen MR) is 72.7 cm³/mol. The minimum Gasteiger partial charge on any atom is -0.377 e. The van der Waals surface area contributed by atoms with Crippen LogP contribution in [0.2, 0.25) is 0 Å². The highest BCUT2D eigenvalue weighted by Crippen LogP contribution is 2.32. The lowest BCUT2D eigenvalue weighted by atomic mass is 10.4. The van der Waals surface area contributed by atoms with Crippen molar-refractivity contribution in [3.05, 3.63) is 11.9 Å². The van der Waals surface area contributed by atoms with Crippen LogP contribution in [0.4, 0.5) is 11.6 Å². The van der Waals surface area contributed by atoms with Gasteiger partial charge in [-0.05, 0) is 18.8 Å². The molecule has 0 aromatic carbocycles. The van der Waals surface area contributed by atoms with E-state index in [1.807, 2.05) is 6.07 Å². The van der Waals surface area contributed by atoms with Crippen LogP contribution in [0.3, 0.4) is 0 Å². The summed E-state index contributed by atoms with van der Waals surface area (Å²) in [5.41, 5.74) is 0. The highest BCUT2D eigenvalue weighted by atomic mass is 16.5. The van der Waals surface area contributed by atoms with Crippen LogP contribution in [0.25, 0.3) is 0 Å². The molecule has 5 nitrogen and oxygen atoms in total. The summed E-state index contributed by atoms with van der Waals surface area (Å²) in [4.78, 5) is 8.88. The van der Waals surface area contributed by atoms with E-state index in [-0.39, 0.29) is 0 Å². The standard InChI is InChI=1S/C13H22N4O/c1-4-5-14-11-7-12(15-10-6-9(10)2)17-13(16-11)8-18-3/h7,9-10H,4-6,8H2,1-3H3,(H2,14,15,16,17). The molecule has 1 aromatic heterocycles. The number of ether oxygens (including phenoxy) is 1. The summed E-state index contributed by atoms with van der Waals surface area (Å²) in [6, 6.07) is 2.54. The number of hydrogen-bond acceptors (Lipinski definition) is 5. The molecule has 2 rings (SSSR count). The van der Waals surface area contributed by atoms with Gasteiger partial charge >= 0.3 is 0 Å². The van der Waals surface area contributed by atoms with Crippen molar-refractivity contribution in [2.75, 3.05) is 24.3 Å². The Balaban J connectivity index is 2.08. The lowest BCUT2D eigenvalue weighted by Crippen LogP contribution is -2.11. The minimum atomic E-state index is 0.441. The van der Waals surface area contributed by atoms with Crippen LogP contribution in [0.5, 0.6) is 0 Å². The summed E-state index contributed by atoms with van der Waals surface area (Å²) in [7, 11) is 1.66. The Kier molecular flexibility index (Phi) is 4.36. The van der Waals surface area contributed by atoms with Gasteiger partial charge in [-0.2, -0.15) is 0 Å². The van der Waals surface area contributed by atoms with Crippen LogP contribution in [-0.4, -0.2) is 29.7 Å². The van der Waals surface area contributed by atoms with Crippen LogP contribution in [0.15, 0.2) is 6.07 Å². The second kappa shape index (κ2) is 6.00. The molecule has 1 heterocycles. The highest BCUT2D eigenvalue weighted by molar-refractivity contribution is 5.48. The molecule has 0 amide bonds. The monoisotopic (exact) mass is 250 g/mol. The van der Waals surface area contributed by atoms with E-state index in [9.17, 15) is 0 Å². The smallest absolute Gasteiger partial charge is 0.158 e. The lowest BCUT2D eigenvalue weighted by molar-refractivity contribution is 0.178. The zero-order valence-electron chi connectivity index (χ0n) is 11.4. The van der Waals surface area contributed by atoms with Gasteiger partial charge in [0.25, 0.3) is 0 Å². The molecule has 1 saturated carbocycles. The molecule has 1 aliphatic rings. The number of rotatable bonds is 7. The van der Waals surface area contributed by atoms with E-state index in [0.717, 1.165) is 36.3 Å². The molecule has 2 atom stereocenters. The van der Waals surface area contributed by atoms with Gasteiger partial charge in [0.1, 0.15) is 18.2 Å².